The molecule has 25 heavy (non-hydrogen) atoms. The van der Waals surface area contributed by atoms with E-state index in [1.807, 2.05) is 4.90 Å². The Morgan fingerprint density at radius 2 is 1.84 bits per heavy atom. The SMILES string of the molecule is O=C(NCCC(=O)N1CCCC1)c1cccc(N2CCCS2(=O)=O)c1. The van der Waals surface area contributed by atoms with Crippen LogP contribution in [-0.4, -0.2) is 57.1 Å². The van der Waals surface area contributed by atoms with E-state index < -0.39 is 10.0 Å². The Morgan fingerprint density at radius 1 is 1.08 bits per heavy atom. The lowest BCUT2D eigenvalue weighted by molar-refractivity contribution is -0.129. The van der Waals surface area contributed by atoms with Crippen molar-refractivity contribution in [2.75, 3.05) is 36.2 Å². The minimum Gasteiger partial charge on any atom is -0.352 e. The van der Waals surface area contributed by atoms with Crippen LogP contribution in [0.1, 0.15) is 36.0 Å². The molecule has 2 amide bonds. The number of likely N-dealkylation sites (tertiary alicyclic amines) is 1. The predicted molar refractivity (Wildman–Crippen MR) is 95.0 cm³/mol. The highest BCUT2D eigenvalue weighted by atomic mass is 32.2. The molecule has 1 aromatic carbocycles. The molecule has 0 radical (unpaired) electrons. The van der Waals surface area contributed by atoms with Crippen LogP contribution in [-0.2, 0) is 14.8 Å². The summed E-state index contributed by atoms with van der Waals surface area (Å²) in [5, 5.41) is 2.74. The third kappa shape index (κ3) is 4.12. The minimum atomic E-state index is -3.27. The van der Waals surface area contributed by atoms with Gasteiger partial charge in [0.05, 0.1) is 11.4 Å². The number of nitrogens with one attached hydrogen (secondary N) is 1. The molecule has 1 N–H and O–H groups in total. The number of amides is 2. The summed E-state index contributed by atoms with van der Waals surface area (Å²) in [5.41, 5.74) is 0.909. The highest BCUT2D eigenvalue weighted by Crippen LogP contribution is 2.24. The fourth-order valence-electron chi connectivity index (χ4n) is 3.24. The van der Waals surface area contributed by atoms with Crippen molar-refractivity contribution >= 4 is 27.5 Å². The summed E-state index contributed by atoms with van der Waals surface area (Å²) in [6.07, 6.45) is 2.97. The van der Waals surface area contributed by atoms with E-state index in [1.54, 1.807) is 24.3 Å². The Bertz CT molecular complexity index is 757. The van der Waals surface area contributed by atoms with Crippen molar-refractivity contribution in [3.05, 3.63) is 29.8 Å². The van der Waals surface area contributed by atoms with Crippen molar-refractivity contribution in [1.82, 2.24) is 10.2 Å². The number of rotatable bonds is 5. The van der Waals surface area contributed by atoms with Crippen molar-refractivity contribution in [1.29, 1.82) is 0 Å². The number of nitrogens with zero attached hydrogens (tertiary/aromatic N) is 2. The quantitative estimate of drug-likeness (QED) is 0.842. The maximum Gasteiger partial charge on any atom is 0.251 e. The van der Waals surface area contributed by atoms with Crippen molar-refractivity contribution < 1.29 is 18.0 Å². The molecule has 136 valence electrons. The summed E-state index contributed by atoms with van der Waals surface area (Å²) in [6.45, 7) is 2.33. The monoisotopic (exact) mass is 365 g/mol. The third-order valence-corrected chi connectivity index (χ3v) is 6.45. The Morgan fingerprint density at radius 3 is 2.52 bits per heavy atom. The van der Waals surface area contributed by atoms with E-state index in [4.69, 9.17) is 0 Å². The molecular weight excluding hydrogens is 342 g/mol. The van der Waals surface area contributed by atoms with Gasteiger partial charge in [-0.05, 0) is 37.5 Å². The third-order valence-electron chi connectivity index (χ3n) is 4.58. The first-order chi connectivity index (χ1) is 12.0. The van der Waals surface area contributed by atoms with Gasteiger partial charge in [-0.3, -0.25) is 13.9 Å². The zero-order chi connectivity index (χ0) is 17.9. The summed E-state index contributed by atoms with van der Waals surface area (Å²) >= 11 is 0. The molecule has 1 aromatic rings. The first kappa shape index (κ1) is 17.7. The molecule has 2 saturated heterocycles. The summed E-state index contributed by atoms with van der Waals surface area (Å²) in [5.74, 6) is -0.0930. The van der Waals surface area contributed by atoms with Gasteiger partial charge in [0.2, 0.25) is 15.9 Å². The Balaban J connectivity index is 1.57. The van der Waals surface area contributed by atoms with Gasteiger partial charge in [-0.2, -0.15) is 0 Å². The molecule has 0 unspecified atom stereocenters. The lowest BCUT2D eigenvalue weighted by atomic mass is 10.2. The number of hydrogen-bond donors (Lipinski definition) is 1. The summed E-state index contributed by atoms with van der Waals surface area (Å²) in [4.78, 5) is 26.1. The molecule has 0 bridgehead atoms. The fourth-order valence-corrected chi connectivity index (χ4v) is 4.80. The lowest BCUT2D eigenvalue weighted by Crippen LogP contribution is -2.32. The van der Waals surface area contributed by atoms with Crippen LogP contribution in [0.5, 0.6) is 0 Å². The first-order valence-corrected chi connectivity index (χ1v) is 10.2. The second-order valence-corrected chi connectivity index (χ2v) is 8.40. The van der Waals surface area contributed by atoms with Gasteiger partial charge in [-0.25, -0.2) is 8.42 Å². The van der Waals surface area contributed by atoms with Crippen LogP contribution in [0.2, 0.25) is 0 Å². The molecular formula is C17H23N3O4S. The van der Waals surface area contributed by atoms with Crippen molar-refractivity contribution in [3.63, 3.8) is 0 Å². The maximum absolute atomic E-state index is 12.3. The van der Waals surface area contributed by atoms with Gasteiger partial charge in [-0.15, -0.1) is 0 Å². The number of benzene rings is 1. The Kier molecular flexibility index (Phi) is 5.27. The van der Waals surface area contributed by atoms with Crippen LogP contribution in [0.3, 0.4) is 0 Å². The lowest BCUT2D eigenvalue weighted by Gasteiger charge is -2.18. The maximum atomic E-state index is 12.3. The molecule has 0 saturated carbocycles. The van der Waals surface area contributed by atoms with Gasteiger partial charge in [0, 0.05) is 38.2 Å². The summed E-state index contributed by atoms with van der Waals surface area (Å²) in [7, 11) is -3.27. The van der Waals surface area contributed by atoms with Gasteiger partial charge in [0.25, 0.3) is 5.91 Å². The zero-order valence-electron chi connectivity index (χ0n) is 14.1. The molecule has 2 aliphatic heterocycles. The van der Waals surface area contributed by atoms with Gasteiger partial charge in [-0.1, -0.05) is 6.07 Å². The molecule has 0 atom stereocenters. The van der Waals surface area contributed by atoms with E-state index >= 15 is 0 Å². The fraction of sp³-hybridized carbons (Fsp3) is 0.529. The zero-order valence-corrected chi connectivity index (χ0v) is 14.9. The van der Waals surface area contributed by atoms with E-state index in [1.165, 1.54) is 4.31 Å². The molecule has 0 spiro atoms. The van der Waals surface area contributed by atoms with Gasteiger partial charge < -0.3 is 10.2 Å². The number of carbonyl (C=O) groups is 2. The van der Waals surface area contributed by atoms with Crippen molar-refractivity contribution in [2.24, 2.45) is 0 Å². The molecule has 8 heteroatoms. The predicted octanol–water partition coefficient (Wildman–Crippen LogP) is 0.969. The largest absolute Gasteiger partial charge is 0.352 e. The number of sulfonamides is 1. The number of hydrogen-bond acceptors (Lipinski definition) is 4. The average molecular weight is 365 g/mol. The molecule has 2 aliphatic rings. The summed E-state index contributed by atoms with van der Waals surface area (Å²) in [6, 6.07) is 6.59. The first-order valence-electron chi connectivity index (χ1n) is 8.64. The van der Waals surface area contributed by atoms with E-state index in [2.05, 4.69) is 5.32 Å². The number of carbonyl (C=O) groups excluding carboxylic acids is 2. The summed E-state index contributed by atoms with van der Waals surface area (Å²) < 4.78 is 25.3. The van der Waals surface area contributed by atoms with E-state index in [0.717, 1.165) is 25.9 Å². The second-order valence-electron chi connectivity index (χ2n) is 6.39. The van der Waals surface area contributed by atoms with Crippen LogP contribution in [0.4, 0.5) is 5.69 Å². The highest BCUT2D eigenvalue weighted by Gasteiger charge is 2.28. The molecule has 2 fully saturated rings. The number of anilines is 1. The normalized spacial score (nSPS) is 19.2. The van der Waals surface area contributed by atoms with Crippen LogP contribution >= 0.6 is 0 Å². The molecule has 3 rings (SSSR count). The van der Waals surface area contributed by atoms with Crippen LogP contribution in [0.25, 0.3) is 0 Å². The van der Waals surface area contributed by atoms with Crippen LogP contribution in [0.15, 0.2) is 24.3 Å². The molecule has 0 aromatic heterocycles. The Labute approximate surface area is 148 Å². The standard InChI is InChI=1S/C17H23N3O4S/c21-16(19-9-1-2-10-19)7-8-18-17(22)14-5-3-6-15(13-14)20-11-4-12-25(20,23)24/h3,5-6,13H,1-2,4,7-12H2,(H,18,22). The van der Waals surface area contributed by atoms with E-state index in [0.29, 0.717) is 24.2 Å². The van der Waals surface area contributed by atoms with Crippen molar-refractivity contribution in [2.45, 2.75) is 25.7 Å². The van der Waals surface area contributed by atoms with Crippen molar-refractivity contribution in [3.8, 4) is 0 Å². The minimum absolute atomic E-state index is 0.0645. The highest BCUT2D eigenvalue weighted by molar-refractivity contribution is 7.93. The van der Waals surface area contributed by atoms with Crippen LogP contribution < -0.4 is 9.62 Å². The molecule has 2 heterocycles. The smallest absolute Gasteiger partial charge is 0.251 e. The van der Waals surface area contributed by atoms with E-state index in [-0.39, 0.29) is 30.5 Å². The topological polar surface area (TPSA) is 86.8 Å². The molecule has 0 aliphatic carbocycles. The van der Waals surface area contributed by atoms with Gasteiger partial charge in [0.1, 0.15) is 0 Å². The molecule has 7 nitrogen and oxygen atoms in total. The van der Waals surface area contributed by atoms with E-state index in [9.17, 15) is 18.0 Å². The van der Waals surface area contributed by atoms with Gasteiger partial charge in [0.15, 0.2) is 0 Å². The van der Waals surface area contributed by atoms with Gasteiger partial charge >= 0.3 is 0 Å². The Hall–Kier alpha value is -2.09. The second kappa shape index (κ2) is 7.43. The van der Waals surface area contributed by atoms with Crippen LogP contribution in [0, 0.1) is 0 Å². The average Bonchev–Trinajstić information content (AvgIpc) is 3.24.